The van der Waals surface area contributed by atoms with Crippen LogP contribution in [0, 0.1) is 5.41 Å². The Balaban J connectivity index is 2.15. The van der Waals surface area contributed by atoms with Crippen molar-refractivity contribution in [3.63, 3.8) is 0 Å². The van der Waals surface area contributed by atoms with E-state index in [1.54, 1.807) is 0 Å². The number of halogens is 1. The molecule has 2 aromatic carbocycles. The average molecular weight is 343 g/mol. The number of primary amides is 1. The van der Waals surface area contributed by atoms with Crippen molar-refractivity contribution in [3.8, 4) is 0 Å². The van der Waals surface area contributed by atoms with E-state index in [0.717, 1.165) is 36.1 Å². The van der Waals surface area contributed by atoms with Crippen molar-refractivity contribution in [2.24, 2.45) is 11.1 Å². The van der Waals surface area contributed by atoms with Crippen LogP contribution in [-0.4, -0.2) is 24.9 Å². The highest BCUT2D eigenvalue weighted by Gasteiger charge is 2.55. The van der Waals surface area contributed by atoms with Crippen LogP contribution in [-0.2, 0) is 11.3 Å². The largest absolute Gasteiger partial charge is 0.369 e. The average Bonchev–Trinajstić information content (AvgIpc) is 3.32. The third kappa shape index (κ3) is 3.19. The first-order valence-corrected chi connectivity index (χ1v) is 8.60. The Kier molecular flexibility index (Phi) is 4.66. The third-order valence-electron chi connectivity index (χ3n) is 4.87. The van der Waals surface area contributed by atoms with Gasteiger partial charge in [0, 0.05) is 17.5 Å². The molecular weight excluding hydrogens is 320 g/mol. The molecule has 2 N–H and O–H groups in total. The van der Waals surface area contributed by atoms with E-state index >= 15 is 0 Å². The SMILES string of the molecule is CN(C)Cc1cc(Cl)ccc1C(c1ccccc1)C1(C(N)=O)CC1. The second-order valence-electron chi connectivity index (χ2n) is 6.95. The predicted octanol–water partition coefficient (Wildman–Crippen LogP) is 3.80. The molecule has 3 nitrogen and oxygen atoms in total. The normalized spacial score (nSPS) is 16.8. The number of nitrogens with two attached hydrogens (primary N) is 1. The second-order valence-corrected chi connectivity index (χ2v) is 7.38. The molecule has 126 valence electrons. The fourth-order valence-corrected chi connectivity index (χ4v) is 3.78. The monoisotopic (exact) mass is 342 g/mol. The minimum Gasteiger partial charge on any atom is -0.369 e. The zero-order valence-electron chi connectivity index (χ0n) is 14.1. The Bertz CT molecular complexity index is 739. The van der Waals surface area contributed by atoms with Crippen LogP contribution in [0.25, 0.3) is 0 Å². The molecule has 24 heavy (non-hydrogen) atoms. The Morgan fingerprint density at radius 1 is 1.21 bits per heavy atom. The van der Waals surface area contributed by atoms with E-state index < -0.39 is 5.41 Å². The molecule has 1 aliphatic carbocycles. The van der Waals surface area contributed by atoms with Crippen molar-refractivity contribution in [2.45, 2.75) is 25.3 Å². The van der Waals surface area contributed by atoms with E-state index in [1.807, 2.05) is 44.4 Å². The summed E-state index contributed by atoms with van der Waals surface area (Å²) in [4.78, 5) is 14.4. The van der Waals surface area contributed by atoms with Crippen molar-refractivity contribution < 1.29 is 4.79 Å². The molecule has 3 rings (SSSR count). The highest BCUT2D eigenvalue weighted by Crippen LogP contribution is 2.59. The van der Waals surface area contributed by atoms with E-state index in [9.17, 15) is 4.79 Å². The first-order chi connectivity index (χ1) is 11.4. The van der Waals surface area contributed by atoms with Gasteiger partial charge in [-0.15, -0.1) is 0 Å². The van der Waals surface area contributed by atoms with Crippen LogP contribution in [0.2, 0.25) is 5.02 Å². The van der Waals surface area contributed by atoms with Gasteiger partial charge in [0.25, 0.3) is 0 Å². The molecule has 1 saturated carbocycles. The van der Waals surface area contributed by atoms with Crippen LogP contribution < -0.4 is 5.73 Å². The Hall–Kier alpha value is -1.84. The summed E-state index contributed by atoms with van der Waals surface area (Å²) in [5.74, 6) is -0.231. The van der Waals surface area contributed by atoms with Gasteiger partial charge in [0.15, 0.2) is 0 Å². The standard InChI is InChI=1S/C20H23ClN2O/c1-23(2)13-15-12-16(21)8-9-17(15)18(14-6-4-3-5-7-14)20(10-11-20)19(22)24/h3-9,12,18H,10-11,13H2,1-2H3,(H2,22,24). The molecule has 0 saturated heterocycles. The molecule has 0 bridgehead atoms. The number of rotatable bonds is 6. The van der Waals surface area contributed by atoms with Gasteiger partial charge in [0.05, 0.1) is 5.41 Å². The highest BCUT2D eigenvalue weighted by atomic mass is 35.5. The van der Waals surface area contributed by atoms with E-state index in [1.165, 1.54) is 0 Å². The quantitative estimate of drug-likeness (QED) is 0.868. The molecule has 1 fully saturated rings. The maximum atomic E-state index is 12.3. The third-order valence-corrected chi connectivity index (χ3v) is 5.10. The molecule has 0 spiro atoms. The van der Waals surface area contributed by atoms with Crippen molar-refractivity contribution in [1.29, 1.82) is 0 Å². The number of nitrogens with zero attached hydrogens (tertiary/aromatic N) is 1. The van der Waals surface area contributed by atoms with Crippen molar-refractivity contribution in [2.75, 3.05) is 14.1 Å². The lowest BCUT2D eigenvalue weighted by molar-refractivity contribution is -0.123. The van der Waals surface area contributed by atoms with E-state index in [4.69, 9.17) is 17.3 Å². The lowest BCUT2D eigenvalue weighted by Crippen LogP contribution is -2.32. The van der Waals surface area contributed by atoms with Gasteiger partial charge in [0.2, 0.25) is 5.91 Å². The van der Waals surface area contributed by atoms with Gasteiger partial charge in [-0.2, -0.15) is 0 Å². The summed E-state index contributed by atoms with van der Waals surface area (Å²) in [6.45, 7) is 0.772. The first-order valence-electron chi connectivity index (χ1n) is 8.22. The highest BCUT2D eigenvalue weighted by molar-refractivity contribution is 6.30. The first kappa shape index (κ1) is 17.0. The molecule has 1 unspecified atom stereocenters. The summed E-state index contributed by atoms with van der Waals surface area (Å²) >= 11 is 6.23. The summed E-state index contributed by atoms with van der Waals surface area (Å²) in [7, 11) is 4.06. The fourth-order valence-electron chi connectivity index (χ4n) is 3.59. The summed E-state index contributed by atoms with van der Waals surface area (Å²) in [5.41, 5.74) is 8.77. The van der Waals surface area contributed by atoms with Crippen molar-refractivity contribution >= 4 is 17.5 Å². The molecule has 0 aliphatic heterocycles. The van der Waals surface area contributed by atoms with Crippen molar-refractivity contribution in [3.05, 3.63) is 70.2 Å². The minimum absolute atomic E-state index is 0.0246. The van der Waals surface area contributed by atoms with Gasteiger partial charge in [-0.1, -0.05) is 48.0 Å². The van der Waals surface area contributed by atoms with Crippen LogP contribution in [0.1, 0.15) is 35.4 Å². The van der Waals surface area contributed by atoms with Crippen LogP contribution in [0.5, 0.6) is 0 Å². The summed E-state index contributed by atoms with van der Waals surface area (Å²) in [6.07, 6.45) is 1.68. The maximum absolute atomic E-state index is 12.3. The van der Waals surface area contributed by atoms with Gasteiger partial charge in [-0.05, 0) is 55.8 Å². The smallest absolute Gasteiger partial charge is 0.224 e. The van der Waals surface area contributed by atoms with Gasteiger partial charge in [-0.3, -0.25) is 4.79 Å². The fraction of sp³-hybridized carbons (Fsp3) is 0.350. The number of benzene rings is 2. The van der Waals surface area contributed by atoms with Crippen molar-refractivity contribution in [1.82, 2.24) is 4.90 Å². The number of carbonyl (C=O) groups excluding carboxylic acids is 1. The number of hydrogen-bond donors (Lipinski definition) is 1. The Morgan fingerprint density at radius 2 is 1.88 bits per heavy atom. The van der Waals surface area contributed by atoms with Gasteiger partial charge in [-0.25, -0.2) is 0 Å². The van der Waals surface area contributed by atoms with Crippen LogP contribution in [0.4, 0.5) is 0 Å². The van der Waals surface area contributed by atoms with E-state index in [-0.39, 0.29) is 11.8 Å². The van der Waals surface area contributed by atoms with Gasteiger partial charge < -0.3 is 10.6 Å². The lowest BCUT2D eigenvalue weighted by atomic mass is 9.76. The molecule has 4 heteroatoms. The molecule has 0 radical (unpaired) electrons. The molecule has 1 atom stereocenters. The minimum atomic E-state index is -0.476. The molecule has 1 aliphatic rings. The zero-order valence-corrected chi connectivity index (χ0v) is 14.9. The van der Waals surface area contributed by atoms with E-state index in [0.29, 0.717) is 5.02 Å². The Morgan fingerprint density at radius 3 is 2.42 bits per heavy atom. The molecule has 2 aromatic rings. The lowest BCUT2D eigenvalue weighted by Gasteiger charge is -2.28. The number of hydrogen-bond acceptors (Lipinski definition) is 2. The van der Waals surface area contributed by atoms with Crippen LogP contribution in [0.3, 0.4) is 0 Å². The molecule has 0 heterocycles. The Labute approximate surface area is 148 Å². The predicted molar refractivity (Wildman–Crippen MR) is 98.0 cm³/mol. The number of amides is 1. The van der Waals surface area contributed by atoms with Crippen LogP contribution >= 0.6 is 11.6 Å². The van der Waals surface area contributed by atoms with Crippen LogP contribution in [0.15, 0.2) is 48.5 Å². The number of carbonyl (C=O) groups is 1. The summed E-state index contributed by atoms with van der Waals surface area (Å²) < 4.78 is 0. The molecular formula is C20H23ClN2O. The van der Waals surface area contributed by atoms with Gasteiger partial charge in [0.1, 0.15) is 0 Å². The molecule has 1 amide bonds. The summed E-state index contributed by atoms with van der Waals surface area (Å²) in [6, 6.07) is 16.2. The molecule has 0 aromatic heterocycles. The van der Waals surface area contributed by atoms with E-state index in [2.05, 4.69) is 23.1 Å². The zero-order chi connectivity index (χ0) is 17.3. The summed E-state index contributed by atoms with van der Waals surface area (Å²) in [5, 5.41) is 0.714. The second kappa shape index (κ2) is 6.58. The maximum Gasteiger partial charge on any atom is 0.224 e. The van der Waals surface area contributed by atoms with Gasteiger partial charge >= 0.3 is 0 Å². The topological polar surface area (TPSA) is 46.3 Å².